The first-order valence-electron chi connectivity index (χ1n) is 25.1. The van der Waals surface area contributed by atoms with E-state index in [1.807, 2.05) is 50.4 Å². The number of nitrogens with one attached hydrogen (secondary N) is 2. The lowest BCUT2D eigenvalue weighted by molar-refractivity contribution is -0.366. The van der Waals surface area contributed by atoms with Crippen LogP contribution in [-0.2, 0) is 123 Å². The van der Waals surface area contributed by atoms with Gasteiger partial charge in [-0.2, -0.15) is 51.9 Å². The van der Waals surface area contributed by atoms with Gasteiger partial charge in [-0.3, -0.25) is 27.6 Å². The van der Waals surface area contributed by atoms with Gasteiger partial charge in [-0.1, -0.05) is 44.5 Å². The van der Waals surface area contributed by atoms with Crippen LogP contribution in [0.2, 0.25) is 5.02 Å². The van der Waals surface area contributed by atoms with Crippen molar-refractivity contribution in [1.29, 1.82) is 0 Å². The van der Waals surface area contributed by atoms with E-state index in [1.54, 1.807) is 11.0 Å². The molecular formula is C41H62ClN5O38S5. The van der Waals surface area contributed by atoms with Crippen LogP contribution in [0.1, 0.15) is 39.3 Å². The van der Waals surface area contributed by atoms with E-state index in [-0.39, 0.29) is 11.5 Å². The molecule has 6 rings (SSSR count). The molecular weight excluding hydrogens is 1370 g/mol. The number of rotatable bonds is 25. The lowest BCUT2D eigenvalue weighted by atomic mass is 9.82. The molecule has 4 saturated heterocycles. The summed E-state index contributed by atoms with van der Waals surface area (Å²) in [6.45, 7) is 3.81. The van der Waals surface area contributed by atoms with Gasteiger partial charge in [0, 0.05) is 11.9 Å². The van der Waals surface area contributed by atoms with Crippen LogP contribution in [-0.4, -0.2) is 285 Å². The first-order valence-corrected chi connectivity index (χ1v) is 32.4. The lowest BCUT2D eigenvalue weighted by Gasteiger charge is -2.50. The lowest BCUT2D eigenvalue weighted by Crippen LogP contribution is -2.71. The Morgan fingerprint density at radius 3 is 1.62 bits per heavy atom. The van der Waals surface area contributed by atoms with Gasteiger partial charge in [0.15, 0.2) is 49.6 Å². The second-order valence-electron chi connectivity index (χ2n) is 20.7. The summed E-state index contributed by atoms with van der Waals surface area (Å²) >= 11 is 5.91. The van der Waals surface area contributed by atoms with E-state index in [0.29, 0.717) is 11.4 Å². The molecule has 2 aromatic rings. The Bertz CT molecular complexity index is 3330. The summed E-state index contributed by atoms with van der Waals surface area (Å²) in [5.74, 6) is -5.49. The summed E-state index contributed by atoms with van der Waals surface area (Å²) in [6, 6.07) is 2.55. The maximum absolute atomic E-state index is 12.7. The molecule has 22 atom stereocenters. The maximum atomic E-state index is 12.7. The quantitative estimate of drug-likeness (QED) is 0.0411. The molecule has 516 valence electrons. The third kappa shape index (κ3) is 21.7. The highest BCUT2D eigenvalue weighted by molar-refractivity contribution is 7.83. The fourth-order valence-electron chi connectivity index (χ4n) is 9.23. The Hall–Kier alpha value is -4.15. The average Bonchev–Trinajstić information content (AvgIpc) is 0.834. The van der Waals surface area contributed by atoms with E-state index in [0.717, 1.165) is 12.5 Å². The fraction of sp³-hybridized carbons (Fsp3) is 0.732. The van der Waals surface area contributed by atoms with E-state index < -0.39 is 212 Å². The Labute approximate surface area is 514 Å². The molecule has 49 heteroatoms. The van der Waals surface area contributed by atoms with Gasteiger partial charge in [0.25, 0.3) is 0 Å². The van der Waals surface area contributed by atoms with Gasteiger partial charge in [0.2, 0.25) is 5.91 Å². The van der Waals surface area contributed by atoms with Crippen LogP contribution in [0.25, 0.3) is 0 Å². The van der Waals surface area contributed by atoms with Crippen LogP contribution in [0.3, 0.4) is 0 Å². The molecule has 5 heterocycles. The number of nitrogens with zero attached hydrogens (tertiary/aromatic N) is 3. The number of amides is 1. The minimum Gasteiger partial charge on any atom is -0.479 e. The molecule has 16 N–H and O–H groups in total. The number of carboxylic acids is 2. The first kappa shape index (κ1) is 76.6. The largest absolute Gasteiger partial charge is 0.479 e. The van der Waals surface area contributed by atoms with E-state index in [1.165, 1.54) is 11.0 Å². The van der Waals surface area contributed by atoms with E-state index >= 15 is 0 Å². The smallest absolute Gasteiger partial charge is 0.397 e. The predicted octanol–water partition coefficient (Wildman–Crippen LogP) is -7.59. The number of hydrogen-bond acceptors (Lipinski definition) is 33. The number of aliphatic carboxylic acids is 2. The van der Waals surface area contributed by atoms with Gasteiger partial charge >= 0.3 is 63.8 Å². The zero-order chi connectivity index (χ0) is 68.1. The van der Waals surface area contributed by atoms with Crippen molar-refractivity contribution in [2.75, 3.05) is 13.2 Å². The second-order valence-corrected chi connectivity index (χ2v) is 26.5. The van der Waals surface area contributed by atoms with Crippen molar-refractivity contribution in [3.8, 4) is 0 Å². The molecule has 4 aliphatic heterocycles. The molecule has 90 heavy (non-hydrogen) atoms. The molecule has 0 spiro atoms. The zero-order valence-corrected chi connectivity index (χ0v) is 50.9. The van der Waals surface area contributed by atoms with Crippen molar-refractivity contribution in [3.05, 3.63) is 47.5 Å². The molecule has 1 aromatic carbocycles. The molecule has 43 nitrogen and oxygen atoms in total. The predicted molar refractivity (Wildman–Crippen MR) is 280 cm³/mol. The normalized spacial score (nSPS) is 33.8. The van der Waals surface area contributed by atoms with Crippen LogP contribution >= 0.6 is 11.6 Å². The molecule has 4 fully saturated rings. The molecule has 4 aliphatic rings. The highest BCUT2D eigenvalue weighted by Crippen LogP contribution is 2.38. The Morgan fingerprint density at radius 2 is 1.16 bits per heavy atom. The number of aliphatic hydroxyl groups is 7. The number of aliphatic hydroxyl groups excluding tert-OH is 7. The number of carbonyl (C=O) groups excluding carboxylic acids is 1. The summed E-state index contributed by atoms with van der Waals surface area (Å²) < 4.78 is 224. The summed E-state index contributed by atoms with van der Waals surface area (Å²) in [5.41, 5.74) is 0.876. The Morgan fingerprint density at radius 1 is 0.644 bits per heavy atom. The van der Waals surface area contributed by atoms with Gasteiger partial charge in [0.1, 0.15) is 85.8 Å². The third-order valence-electron chi connectivity index (χ3n) is 13.1. The maximum Gasteiger partial charge on any atom is 0.397 e. The molecule has 1 amide bonds. The molecule has 0 unspecified atom stereocenters. The molecule has 0 saturated carbocycles. The van der Waals surface area contributed by atoms with Crippen molar-refractivity contribution in [2.45, 2.75) is 169 Å². The minimum absolute atomic E-state index is 0.154. The van der Waals surface area contributed by atoms with Crippen LogP contribution < -0.4 is 10.0 Å². The monoisotopic (exact) mass is 1430 g/mol. The minimum atomic E-state index is -6.09. The van der Waals surface area contributed by atoms with Gasteiger partial charge in [-0.25, -0.2) is 36.0 Å². The van der Waals surface area contributed by atoms with Gasteiger partial charge in [-0.05, 0) is 29.5 Å². The van der Waals surface area contributed by atoms with Crippen molar-refractivity contribution in [3.63, 3.8) is 0 Å². The van der Waals surface area contributed by atoms with Crippen LogP contribution in [0.5, 0.6) is 0 Å². The second kappa shape index (κ2) is 30.5. The standard InChI is InChI=1S/C26H42N2O37S5.C15H20ClN3O/c1-4(30)27-7-9(31)13(6(56-23(7)39)3-55-67(43,44)45)58-26-19(65-70(52,53)54)12(34)16(20(62-26)22(37)38)60-24-8(28-66(40,41)42)15(63-68(46,47)48)14(5(2-29)57-24)59-25-18(64-69(49,50)51)11(33)10(32)17(61-25)21(35)36;1-15(2,3)14(20)13(19-10-17-9-18-19)8-11-4-6-12(16)7-5-11/h5-20,23-26,28-29,31-34,39H,2-3H2,1H3,(H,27,30)(H,35,36)(H,37,38)(H,40,41,42)(H,43,44,45)(H,46,47,48)(H,49,50,51)(H,52,53,54);4-7,9-10,13-14,20H,8H2,1-3H3/t5-,6+,7-,8-,9-,10-,11-,12+,13-,14-,15-,16+,17-,18+,19-,20+,23-,24+,25+,26-;13-,14+/m10/s1. The number of ether oxygens (including phenoxy) is 7. The average molecular weight is 1430 g/mol. The fourth-order valence-corrected chi connectivity index (χ4v) is 11.7. The van der Waals surface area contributed by atoms with Crippen LogP contribution in [0, 0.1) is 5.41 Å². The SMILES string of the molecule is CC(=O)N[C@@H]1[C@@H](O)[C@H](O[C@@H]2O[C@H](C(=O)O)[C@@H](O[C@@H]3O[C@H](CO)[C@@H](O[C@H]4O[C@@H](C(=O)O)[C@H](O)[C@@H](O)[C@@H]4OS(=O)(=O)O)[C@H](OS(=O)(=O)O)[C@H]3NS(=O)(=O)O)[C@H](O)[C@H]2OS(=O)(=O)O)[C@H](COS(=O)(=O)O)O[C@H]1O.CC(C)(C)[C@H](O)[C@H](Cc1ccc(Cl)cc1)n1cncn1. The highest BCUT2D eigenvalue weighted by atomic mass is 35.5. The molecule has 0 aliphatic carbocycles. The number of carboxylic acid groups (broad SMARTS) is 2. The molecule has 0 bridgehead atoms. The molecule has 0 radical (unpaired) electrons. The Kier molecular flexibility index (Phi) is 25.9. The number of carbonyl (C=O) groups is 3. The van der Waals surface area contributed by atoms with Gasteiger partial charge in [0.05, 0.1) is 25.4 Å². The van der Waals surface area contributed by atoms with Crippen LogP contribution in [0.4, 0.5) is 0 Å². The topological polar surface area (TPSA) is 661 Å². The van der Waals surface area contributed by atoms with Crippen molar-refractivity contribution >= 4 is 81.3 Å². The molecule has 1 aromatic heterocycles. The van der Waals surface area contributed by atoms with Gasteiger partial charge in [-0.15, -0.1) is 0 Å². The summed E-state index contributed by atoms with van der Waals surface area (Å²) in [4.78, 5) is 40.4. The number of halogens is 1. The number of benzene rings is 1. The van der Waals surface area contributed by atoms with Crippen molar-refractivity contribution in [1.82, 2.24) is 24.8 Å². The summed E-state index contributed by atoms with van der Waals surface area (Å²) in [5, 5.41) is 101. The van der Waals surface area contributed by atoms with Crippen molar-refractivity contribution < 1.29 is 175 Å². The first-order chi connectivity index (χ1) is 41.2. The van der Waals surface area contributed by atoms with E-state index in [4.69, 9.17) is 49.3 Å². The zero-order valence-electron chi connectivity index (χ0n) is 46.1. The highest BCUT2D eigenvalue weighted by Gasteiger charge is 2.60. The number of hydrogen-bond donors (Lipinski definition) is 16. The van der Waals surface area contributed by atoms with E-state index in [9.17, 15) is 121 Å². The van der Waals surface area contributed by atoms with Crippen LogP contribution in [0.15, 0.2) is 36.9 Å². The third-order valence-corrected chi connectivity index (χ3v) is 15.7. The summed E-state index contributed by atoms with van der Waals surface area (Å²) in [6.07, 6.45) is -45.8. The van der Waals surface area contributed by atoms with Crippen molar-refractivity contribution in [2.24, 2.45) is 5.41 Å². The number of aromatic nitrogens is 3. The van der Waals surface area contributed by atoms with Gasteiger partial charge < -0.3 is 84.4 Å². The Balaban J connectivity index is 0.000000619. The van der Waals surface area contributed by atoms with E-state index in [2.05, 4.69) is 26.8 Å². The summed E-state index contributed by atoms with van der Waals surface area (Å²) in [7, 11) is -29.1.